The molecule has 0 atom stereocenters. The minimum Gasteiger partial charge on any atom is -0.348 e. The molecule has 0 saturated carbocycles. The fourth-order valence-corrected chi connectivity index (χ4v) is 1.68. The number of aromatic nitrogens is 3. The van der Waals surface area contributed by atoms with Gasteiger partial charge in [0.25, 0.3) is 5.91 Å². The van der Waals surface area contributed by atoms with Gasteiger partial charge in [-0.05, 0) is 25.9 Å². The Morgan fingerprint density at radius 1 is 1.60 bits per heavy atom. The van der Waals surface area contributed by atoms with Gasteiger partial charge in [0.1, 0.15) is 0 Å². The molecule has 1 aliphatic heterocycles. The van der Waals surface area contributed by atoms with Crippen LogP contribution < -0.4 is 10.6 Å². The smallest absolute Gasteiger partial charge is 0.273 e. The lowest BCUT2D eigenvalue weighted by atomic mass is 10.1. The van der Waals surface area contributed by atoms with Crippen molar-refractivity contribution in [1.29, 1.82) is 0 Å². The van der Waals surface area contributed by atoms with Crippen molar-refractivity contribution in [3.05, 3.63) is 11.9 Å². The summed E-state index contributed by atoms with van der Waals surface area (Å²) in [7, 11) is 1.74. The standard InChI is InChI=1S/C9H15N5O/c1-14-6-8(12-13-14)9(15)11-7-2-4-10-5-3-7/h6-7,10H,2-5H2,1H3,(H,11,15). The first kappa shape index (κ1) is 10.1. The summed E-state index contributed by atoms with van der Waals surface area (Å²) in [4.78, 5) is 11.7. The van der Waals surface area contributed by atoms with Crippen molar-refractivity contribution >= 4 is 5.91 Å². The van der Waals surface area contributed by atoms with Crippen molar-refractivity contribution in [2.75, 3.05) is 13.1 Å². The second-order valence-electron chi connectivity index (χ2n) is 3.78. The molecule has 6 heteroatoms. The van der Waals surface area contributed by atoms with E-state index in [1.54, 1.807) is 13.2 Å². The molecule has 82 valence electrons. The van der Waals surface area contributed by atoms with Crippen LogP contribution >= 0.6 is 0 Å². The Hall–Kier alpha value is -1.43. The number of hydrogen-bond acceptors (Lipinski definition) is 4. The Balaban J connectivity index is 1.91. The molecule has 0 radical (unpaired) electrons. The van der Waals surface area contributed by atoms with Gasteiger partial charge in [-0.15, -0.1) is 5.10 Å². The quantitative estimate of drug-likeness (QED) is 0.675. The average Bonchev–Trinajstić information content (AvgIpc) is 2.66. The summed E-state index contributed by atoms with van der Waals surface area (Å²) in [6, 6.07) is 0.265. The van der Waals surface area contributed by atoms with E-state index >= 15 is 0 Å². The molecule has 15 heavy (non-hydrogen) atoms. The van der Waals surface area contributed by atoms with Gasteiger partial charge in [0.2, 0.25) is 0 Å². The van der Waals surface area contributed by atoms with Crippen LogP contribution in [0.3, 0.4) is 0 Å². The number of nitrogens with zero attached hydrogens (tertiary/aromatic N) is 3. The molecule has 1 fully saturated rings. The van der Waals surface area contributed by atoms with Gasteiger partial charge in [0.15, 0.2) is 5.69 Å². The molecule has 0 spiro atoms. The summed E-state index contributed by atoms with van der Waals surface area (Å²) in [5.74, 6) is -0.130. The summed E-state index contributed by atoms with van der Waals surface area (Å²) in [6.45, 7) is 1.93. The molecular formula is C9H15N5O. The SMILES string of the molecule is Cn1cc(C(=O)NC2CCNCC2)nn1. The lowest BCUT2D eigenvalue weighted by Crippen LogP contribution is -2.42. The molecule has 0 bridgehead atoms. The minimum atomic E-state index is -0.130. The Morgan fingerprint density at radius 2 is 2.33 bits per heavy atom. The van der Waals surface area contributed by atoms with Crippen LogP contribution in [0.1, 0.15) is 23.3 Å². The molecule has 0 unspecified atom stereocenters. The Labute approximate surface area is 88.0 Å². The van der Waals surface area contributed by atoms with E-state index in [1.807, 2.05) is 0 Å². The molecule has 1 aromatic rings. The Kier molecular flexibility index (Phi) is 2.96. The van der Waals surface area contributed by atoms with Gasteiger partial charge in [-0.1, -0.05) is 5.21 Å². The normalized spacial score (nSPS) is 17.7. The molecule has 2 N–H and O–H groups in total. The monoisotopic (exact) mass is 209 g/mol. The van der Waals surface area contributed by atoms with Crippen LogP contribution in [-0.4, -0.2) is 40.0 Å². The number of carbonyl (C=O) groups excluding carboxylic acids is 1. The van der Waals surface area contributed by atoms with Crippen LogP contribution in [0.15, 0.2) is 6.20 Å². The molecule has 1 amide bonds. The van der Waals surface area contributed by atoms with Crippen molar-refractivity contribution in [3.8, 4) is 0 Å². The maximum Gasteiger partial charge on any atom is 0.273 e. The van der Waals surface area contributed by atoms with E-state index in [2.05, 4.69) is 20.9 Å². The van der Waals surface area contributed by atoms with Crippen LogP contribution in [0.4, 0.5) is 0 Å². The van der Waals surface area contributed by atoms with Gasteiger partial charge in [-0.3, -0.25) is 9.48 Å². The van der Waals surface area contributed by atoms with Crippen LogP contribution in [0.5, 0.6) is 0 Å². The van der Waals surface area contributed by atoms with Gasteiger partial charge >= 0.3 is 0 Å². The van der Waals surface area contributed by atoms with E-state index < -0.39 is 0 Å². The maximum absolute atomic E-state index is 11.7. The molecule has 1 aliphatic rings. The summed E-state index contributed by atoms with van der Waals surface area (Å²) < 4.78 is 1.53. The van der Waals surface area contributed by atoms with Crippen molar-refractivity contribution in [1.82, 2.24) is 25.6 Å². The summed E-state index contributed by atoms with van der Waals surface area (Å²) in [5.41, 5.74) is 0.385. The summed E-state index contributed by atoms with van der Waals surface area (Å²) >= 11 is 0. The Bertz CT molecular complexity index is 342. The third-order valence-corrected chi connectivity index (χ3v) is 2.51. The molecule has 6 nitrogen and oxygen atoms in total. The van der Waals surface area contributed by atoms with Crippen molar-refractivity contribution in [2.45, 2.75) is 18.9 Å². The number of nitrogens with one attached hydrogen (secondary N) is 2. The largest absolute Gasteiger partial charge is 0.348 e. The van der Waals surface area contributed by atoms with Crippen LogP contribution in [0, 0.1) is 0 Å². The number of aryl methyl sites for hydroxylation is 1. The molecule has 0 aromatic carbocycles. The summed E-state index contributed by atoms with van der Waals surface area (Å²) in [6.07, 6.45) is 3.58. The van der Waals surface area contributed by atoms with Gasteiger partial charge in [-0.2, -0.15) is 0 Å². The second kappa shape index (κ2) is 4.39. The molecule has 2 heterocycles. The molecular weight excluding hydrogens is 194 g/mol. The highest BCUT2D eigenvalue weighted by Gasteiger charge is 2.17. The van der Waals surface area contributed by atoms with E-state index in [0.717, 1.165) is 25.9 Å². The fraction of sp³-hybridized carbons (Fsp3) is 0.667. The van der Waals surface area contributed by atoms with Crippen molar-refractivity contribution < 1.29 is 4.79 Å². The van der Waals surface area contributed by atoms with Crippen molar-refractivity contribution in [3.63, 3.8) is 0 Å². The number of piperidine rings is 1. The van der Waals surface area contributed by atoms with Gasteiger partial charge < -0.3 is 10.6 Å². The lowest BCUT2D eigenvalue weighted by molar-refractivity contribution is 0.0924. The first-order valence-corrected chi connectivity index (χ1v) is 5.13. The first-order chi connectivity index (χ1) is 7.25. The van der Waals surface area contributed by atoms with E-state index in [0.29, 0.717) is 5.69 Å². The predicted molar refractivity (Wildman–Crippen MR) is 54.4 cm³/mol. The molecule has 0 aliphatic carbocycles. The number of hydrogen-bond donors (Lipinski definition) is 2. The van der Waals surface area contributed by atoms with E-state index in [1.165, 1.54) is 4.68 Å². The third kappa shape index (κ3) is 2.53. The summed E-state index contributed by atoms with van der Waals surface area (Å²) in [5, 5.41) is 13.7. The third-order valence-electron chi connectivity index (χ3n) is 2.51. The van der Waals surface area contributed by atoms with Crippen LogP contribution in [-0.2, 0) is 7.05 Å². The van der Waals surface area contributed by atoms with E-state index in [4.69, 9.17) is 0 Å². The highest BCUT2D eigenvalue weighted by atomic mass is 16.2. The van der Waals surface area contributed by atoms with E-state index in [-0.39, 0.29) is 11.9 Å². The topological polar surface area (TPSA) is 71.8 Å². The lowest BCUT2D eigenvalue weighted by Gasteiger charge is -2.23. The zero-order chi connectivity index (χ0) is 10.7. The van der Waals surface area contributed by atoms with Gasteiger partial charge in [0, 0.05) is 13.1 Å². The highest BCUT2D eigenvalue weighted by Crippen LogP contribution is 2.03. The zero-order valence-corrected chi connectivity index (χ0v) is 8.73. The van der Waals surface area contributed by atoms with Gasteiger partial charge in [-0.25, -0.2) is 0 Å². The predicted octanol–water partition coefficient (Wildman–Crippen LogP) is -0.703. The van der Waals surface area contributed by atoms with Crippen LogP contribution in [0.2, 0.25) is 0 Å². The first-order valence-electron chi connectivity index (χ1n) is 5.13. The van der Waals surface area contributed by atoms with Gasteiger partial charge in [0.05, 0.1) is 6.20 Å². The van der Waals surface area contributed by atoms with E-state index in [9.17, 15) is 4.79 Å². The minimum absolute atomic E-state index is 0.130. The highest BCUT2D eigenvalue weighted by molar-refractivity contribution is 5.92. The second-order valence-corrected chi connectivity index (χ2v) is 3.78. The number of rotatable bonds is 2. The Morgan fingerprint density at radius 3 is 2.93 bits per heavy atom. The molecule has 1 saturated heterocycles. The van der Waals surface area contributed by atoms with Crippen LogP contribution in [0.25, 0.3) is 0 Å². The molecule has 1 aromatic heterocycles. The fourth-order valence-electron chi connectivity index (χ4n) is 1.68. The zero-order valence-electron chi connectivity index (χ0n) is 8.73. The number of carbonyl (C=O) groups is 1. The maximum atomic E-state index is 11.7. The average molecular weight is 209 g/mol. The molecule has 2 rings (SSSR count). The number of amides is 1. The van der Waals surface area contributed by atoms with Crippen molar-refractivity contribution in [2.24, 2.45) is 7.05 Å².